The quantitative estimate of drug-likeness (QED) is 0.352. The Labute approximate surface area is 179 Å². The third-order valence-corrected chi connectivity index (χ3v) is 4.14. The zero-order valence-electron chi connectivity index (χ0n) is 17.7. The summed E-state index contributed by atoms with van der Waals surface area (Å²) in [5.74, 6) is -2.64. The highest BCUT2D eigenvalue weighted by Gasteiger charge is 2.52. The van der Waals surface area contributed by atoms with Crippen LogP contribution in [0.4, 0.5) is 0 Å². The minimum atomic E-state index is -1.24. The lowest BCUT2D eigenvalue weighted by Gasteiger charge is -2.43. The second-order valence-corrected chi connectivity index (χ2v) is 6.78. The summed E-state index contributed by atoms with van der Waals surface area (Å²) >= 11 is 0. The van der Waals surface area contributed by atoms with Gasteiger partial charge in [0.15, 0.2) is 24.5 Å². The first-order valence-corrected chi connectivity index (χ1v) is 9.56. The standard InChI is InChI=1S/C21H25NO9/c1-12(23)27-11-17-18(28-13(2)24)19(29-14(3)25)20(30-15(4)26)21(31-17)22-10-16-8-6-5-7-9-16/h5-10,17-21H,11H2,1-4H3/t17-,18-,19+,20-,21-/m1/s1. The smallest absolute Gasteiger partial charge is 0.303 e. The van der Waals surface area contributed by atoms with Gasteiger partial charge in [0.2, 0.25) is 0 Å². The molecular weight excluding hydrogens is 410 g/mol. The Kier molecular flexibility index (Phi) is 8.68. The van der Waals surface area contributed by atoms with Gasteiger partial charge in [-0.05, 0) is 5.56 Å². The molecule has 0 amide bonds. The van der Waals surface area contributed by atoms with E-state index in [9.17, 15) is 19.2 Å². The van der Waals surface area contributed by atoms with E-state index in [4.69, 9.17) is 23.7 Å². The maximum Gasteiger partial charge on any atom is 0.303 e. The van der Waals surface area contributed by atoms with E-state index in [1.807, 2.05) is 18.2 Å². The van der Waals surface area contributed by atoms with Crippen molar-refractivity contribution in [1.82, 2.24) is 0 Å². The van der Waals surface area contributed by atoms with E-state index < -0.39 is 54.5 Å². The number of nitrogens with zero attached hydrogens (tertiary/aromatic N) is 1. The van der Waals surface area contributed by atoms with Crippen molar-refractivity contribution in [1.29, 1.82) is 0 Å². The molecule has 0 aliphatic carbocycles. The zero-order chi connectivity index (χ0) is 23.0. The van der Waals surface area contributed by atoms with Crippen LogP contribution in [0.1, 0.15) is 33.3 Å². The summed E-state index contributed by atoms with van der Waals surface area (Å²) in [5, 5.41) is 0. The van der Waals surface area contributed by atoms with Crippen molar-refractivity contribution >= 4 is 30.1 Å². The molecule has 0 unspecified atom stereocenters. The van der Waals surface area contributed by atoms with E-state index in [2.05, 4.69) is 4.99 Å². The summed E-state index contributed by atoms with van der Waals surface area (Å²) in [6.45, 7) is 4.41. The van der Waals surface area contributed by atoms with Crippen LogP contribution in [0.2, 0.25) is 0 Å². The van der Waals surface area contributed by atoms with Crippen molar-refractivity contribution in [3.63, 3.8) is 0 Å². The van der Waals surface area contributed by atoms with Crippen molar-refractivity contribution in [3.05, 3.63) is 35.9 Å². The molecule has 1 saturated heterocycles. The molecule has 0 spiro atoms. The largest absolute Gasteiger partial charge is 0.463 e. The Balaban J connectivity index is 2.43. The van der Waals surface area contributed by atoms with Gasteiger partial charge in [-0.25, -0.2) is 0 Å². The number of hydrogen-bond donors (Lipinski definition) is 0. The molecule has 10 nitrogen and oxygen atoms in total. The molecule has 2 rings (SSSR count). The molecule has 1 fully saturated rings. The first-order chi connectivity index (χ1) is 14.7. The van der Waals surface area contributed by atoms with E-state index in [-0.39, 0.29) is 6.61 Å². The van der Waals surface area contributed by atoms with Crippen molar-refractivity contribution in [2.24, 2.45) is 4.99 Å². The predicted octanol–water partition coefficient (Wildman–Crippen LogP) is 1.19. The van der Waals surface area contributed by atoms with Crippen molar-refractivity contribution in [2.45, 2.75) is 58.3 Å². The highest BCUT2D eigenvalue weighted by atomic mass is 16.7. The molecule has 0 radical (unpaired) electrons. The number of rotatable bonds is 7. The van der Waals surface area contributed by atoms with Crippen molar-refractivity contribution in [3.8, 4) is 0 Å². The van der Waals surface area contributed by atoms with Crippen LogP contribution in [0, 0.1) is 0 Å². The molecule has 0 bridgehead atoms. The molecule has 0 saturated carbocycles. The minimum absolute atomic E-state index is 0.296. The van der Waals surface area contributed by atoms with Gasteiger partial charge < -0.3 is 23.7 Å². The number of benzene rings is 1. The van der Waals surface area contributed by atoms with Gasteiger partial charge in [-0.15, -0.1) is 0 Å². The van der Waals surface area contributed by atoms with Gasteiger partial charge in [-0.3, -0.25) is 24.2 Å². The van der Waals surface area contributed by atoms with Gasteiger partial charge in [-0.1, -0.05) is 30.3 Å². The van der Waals surface area contributed by atoms with E-state index in [0.717, 1.165) is 19.4 Å². The Bertz CT molecular complexity index is 823. The van der Waals surface area contributed by atoms with E-state index >= 15 is 0 Å². The fourth-order valence-corrected chi connectivity index (χ4v) is 3.02. The summed E-state index contributed by atoms with van der Waals surface area (Å²) in [5.41, 5.74) is 0.746. The lowest BCUT2D eigenvalue weighted by Crippen LogP contribution is -2.62. The monoisotopic (exact) mass is 435 g/mol. The second-order valence-electron chi connectivity index (χ2n) is 6.78. The van der Waals surface area contributed by atoms with Crippen LogP contribution in [-0.4, -0.2) is 67.3 Å². The molecule has 168 valence electrons. The van der Waals surface area contributed by atoms with Crippen LogP contribution in [0.3, 0.4) is 0 Å². The summed E-state index contributed by atoms with van der Waals surface area (Å²) < 4.78 is 26.9. The molecule has 0 N–H and O–H groups in total. The number of hydrogen-bond acceptors (Lipinski definition) is 10. The van der Waals surface area contributed by atoms with E-state index in [1.54, 1.807) is 12.1 Å². The van der Waals surface area contributed by atoms with Crippen LogP contribution >= 0.6 is 0 Å². The fourth-order valence-electron chi connectivity index (χ4n) is 3.02. The SMILES string of the molecule is CC(=O)OC[C@H]1O[C@@H](N=Cc2ccccc2)[C@H](OC(C)=O)[C@@H](OC(C)=O)[C@@H]1OC(C)=O. The third-order valence-electron chi connectivity index (χ3n) is 4.14. The second kappa shape index (κ2) is 11.2. The van der Waals surface area contributed by atoms with Gasteiger partial charge in [0.1, 0.15) is 12.7 Å². The maximum atomic E-state index is 11.8. The number of aliphatic imine (C=N–C) groups is 1. The lowest BCUT2D eigenvalue weighted by molar-refractivity contribution is -0.250. The molecule has 1 aliphatic rings. The Morgan fingerprint density at radius 2 is 1.39 bits per heavy atom. The Morgan fingerprint density at radius 3 is 1.94 bits per heavy atom. The Hall–Kier alpha value is -3.27. The van der Waals surface area contributed by atoms with Gasteiger partial charge in [0, 0.05) is 33.9 Å². The molecule has 31 heavy (non-hydrogen) atoms. The summed E-state index contributed by atoms with van der Waals surface area (Å²) in [7, 11) is 0. The molecule has 5 atom stereocenters. The predicted molar refractivity (Wildman–Crippen MR) is 106 cm³/mol. The molecular formula is C21H25NO9. The van der Waals surface area contributed by atoms with Crippen LogP contribution < -0.4 is 0 Å². The fraction of sp³-hybridized carbons (Fsp3) is 0.476. The van der Waals surface area contributed by atoms with Crippen LogP contribution in [0.25, 0.3) is 0 Å². The molecule has 1 heterocycles. The number of ether oxygens (including phenoxy) is 5. The van der Waals surface area contributed by atoms with Crippen LogP contribution in [0.15, 0.2) is 35.3 Å². The number of esters is 4. The normalized spacial score (nSPS) is 25.5. The first kappa shape index (κ1) is 24.0. The van der Waals surface area contributed by atoms with Crippen molar-refractivity contribution in [2.75, 3.05) is 6.61 Å². The van der Waals surface area contributed by atoms with Gasteiger partial charge in [0.05, 0.1) is 0 Å². The molecule has 10 heteroatoms. The number of carbonyl (C=O) groups is 4. The third kappa shape index (κ3) is 7.49. The lowest BCUT2D eigenvalue weighted by atomic mass is 9.97. The minimum Gasteiger partial charge on any atom is -0.463 e. The average Bonchev–Trinajstić information content (AvgIpc) is 2.68. The highest BCUT2D eigenvalue weighted by molar-refractivity contribution is 5.79. The highest BCUT2D eigenvalue weighted by Crippen LogP contribution is 2.30. The van der Waals surface area contributed by atoms with Crippen molar-refractivity contribution < 1.29 is 42.9 Å². The Morgan fingerprint density at radius 1 is 0.839 bits per heavy atom. The van der Waals surface area contributed by atoms with Gasteiger partial charge in [0.25, 0.3) is 0 Å². The van der Waals surface area contributed by atoms with Crippen LogP contribution in [-0.2, 0) is 42.9 Å². The average molecular weight is 435 g/mol. The number of carbonyl (C=O) groups excluding carboxylic acids is 4. The van der Waals surface area contributed by atoms with E-state index in [1.165, 1.54) is 20.1 Å². The summed E-state index contributed by atoms with van der Waals surface area (Å²) in [6.07, 6.45) is -4.30. The van der Waals surface area contributed by atoms with Gasteiger partial charge >= 0.3 is 23.9 Å². The van der Waals surface area contributed by atoms with Gasteiger partial charge in [-0.2, -0.15) is 0 Å². The maximum absolute atomic E-state index is 11.8. The first-order valence-electron chi connectivity index (χ1n) is 9.56. The molecule has 0 aromatic heterocycles. The summed E-state index contributed by atoms with van der Waals surface area (Å²) in [4.78, 5) is 50.8. The summed E-state index contributed by atoms with van der Waals surface area (Å²) in [6, 6.07) is 9.07. The zero-order valence-corrected chi connectivity index (χ0v) is 17.7. The topological polar surface area (TPSA) is 127 Å². The molecule has 1 aromatic carbocycles. The van der Waals surface area contributed by atoms with Crippen LogP contribution in [0.5, 0.6) is 0 Å². The molecule has 1 aromatic rings. The molecule has 1 aliphatic heterocycles. The van der Waals surface area contributed by atoms with E-state index in [0.29, 0.717) is 0 Å².